The Morgan fingerprint density at radius 2 is 2.16 bits per heavy atom. The molecule has 100 valence electrons. The number of hydrogen-bond acceptors (Lipinski definition) is 2. The fraction of sp³-hybridized carbons (Fsp3) is 0.267. The highest BCUT2D eigenvalue weighted by molar-refractivity contribution is 9.10. The SMILES string of the molecule is CNC(Cc1ccc(Br)cc1Cl)c1ncccc1C. The van der Waals surface area contributed by atoms with Gasteiger partial charge in [-0.15, -0.1) is 0 Å². The van der Waals surface area contributed by atoms with Crippen molar-refractivity contribution in [2.24, 2.45) is 0 Å². The molecule has 0 fully saturated rings. The van der Waals surface area contributed by atoms with Crippen LogP contribution in [0.25, 0.3) is 0 Å². The van der Waals surface area contributed by atoms with E-state index < -0.39 is 0 Å². The van der Waals surface area contributed by atoms with Crippen LogP contribution < -0.4 is 5.32 Å². The normalized spacial score (nSPS) is 12.4. The smallest absolute Gasteiger partial charge is 0.0605 e. The Labute approximate surface area is 127 Å². The van der Waals surface area contributed by atoms with Crippen molar-refractivity contribution in [3.8, 4) is 0 Å². The maximum Gasteiger partial charge on any atom is 0.0605 e. The molecule has 1 atom stereocenters. The van der Waals surface area contributed by atoms with Crippen molar-refractivity contribution in [3.05, 3.63) is 62.8 Å². The first-order valence-corrected chi connectivity index (χ1v) is 7.31. The molecule has 0 amide bonds. The maximum atomic E-state index is 6.28. The molecule has 19 heavy (non-hydrogen) atoms. The molecule has 1 heterocycles. The summed E-state index contributed by atoms with van der Waals surface area (Å²) in [5, 5.41) is 4.10. The third-order valence-corrected chi connectivity index (χ3v) is 4.01. The molecule has 0 bridgehead atoms. The molecular formula is C15H16BrClN2. The van der Waals surface area contributed by atoms with Crippen LogP contribution in [0.5, 0.6) is 0 Å². The zero-order valence-electron chi connectivity index (χ0n) is 11.0. The van der Waals surface area contributed by atoms with E-state index in [1.54, 1.807) is 0 Å². The minimum absolute atomic E-state index is 0.167. The second kappa shape index (κ2) is 6.51. The van der Waals surface area contributed by atoms with Gasteiger partial charge in [-0.05, 0) is 49.7 Å². The largest absolute Gasteiger partial charge is 0.311 e. The second-order valence-corrected chi connectivity index (χ2v) is 5.81. The first kappa shape index (κ1) is 14.5. The Morgan fingerprint density at radius 3 is 2.79 bits per heavy atom. The molecule has 0 aliphatic heterocycles. The monoisotopic (exact) mass is 338 g/mol. The molecule has 0 saturated heterocycles. The number of likely N-dealkylation sites (N-methyl/N-ethyl adjacent to an activating group) is 1. The molecule has 0 aliphatic carbocycles. The van der Waals surface area contributed by atoms with Crippen LogP contribution in [0.2, 0.25) is 5.02 Å². The van der Waals surface area contributed by atoms with E-state index in [1.165, 1.54) is 5.56 Å². The molecule has 1 unspecified atom stereocenters. The molecule has 0 radical (unpaired) electrons. The van der Waals surface area contributed by atoms with E-state index in [-0.39, 0.29) is 6.04 Å². The molecule has 4 heteroatoms. The van der Waals surface area contributed by atoms with Gasteiger partial charge in [0, 0.05) is 15.7 Å². The number of aromatic nitrogens is 1. The van der Waals surface area contributed by atoms with Crippen LogP contribution >= 0.6 is 27.5 Å². The minimum atomic E-state index is 0.167. The molecule has 0 saturated carbocycles. The summed E-state index contributed by atoms with van der Waals surface area (Å²) in [6.45, 7) is 2.08. The Kier molecular flexibility index (Phi) is 4.97. The highest BCUT2D eigenvalue weighted by Gasteiger charge is 2.15. The van der Waals surface area contributed by atoms with Crippen molar-refractivity contribution in [2.45, 2.75) is 19.4 Å². The topological polar surface area (TPSA) is 24.9 Å². The van der Waals surface area contributed by atoms with Gasteiger partial charge in [0.05, 0.1) is 11.7 Å². The van der Waals surface area contributed by atoms with Crippen LogP contribution in [0.4, 0.5) is 0 Å². The van der Waals surface area contributed by atoms with Crippen molar-refractivity contribution in [1.82, 2.24) is 10.3 Å². The molecule has 1 aromatic carbocycles. The molecule has 0 aliphatic rings. The van der Waals surface area contributed by atoms with Crippen molar-refractivity contribution >= 4 is 27.5 Å². The van der Waals surface area contributed by atoms with Gasteiger partial charge in [-0.3, -0.25) is 4.98 Å². The van der Waals surface area contributed by atoms with Crippen molar-refractivity contribution < 1.29 is 0 Å². The number of pyridine rings is 1. The van der Waals surface area contributed by atoms with E-state index >= 15 is 0 Å². The number of nitrogens with one attached hydrogen (secondary N) is 1. The van der Waals surface area contributed by atoms with Gasteiger partial charge in [-0.2, -0.15) is 0 Å². The highest BCUT2D eigenvalue weighted by atomic mass is 79.9. The van der Waals surface area contributed by atoms with Gasteiger partial charge >= 0.3 is 0 Å². The van der Waals surface area contributed by atoms with E-state index in [0.29, 0.717) is 0 Å². The van der Waals surface area contributed by atoms with E-state index in [0.717, 1.165) is 27.2 Å². The van der Waals surface area contributed by atoms with Gasteiger partial charge in [0.15, 0.2) is 0 Å². The van der Waals surface area contributed by atoms with E-state index in [2.05, 4.69) is 45.3 Å². The number of halogens is 2. The lowest BCUT2D eigenvalue weighted by Gasteiger charge is -2.18. The van der Waals surface area contributed by atoms with Gasteiger partial charge in [0.25, 0.3) is 0 Å². The summed E-state index contributed by atoms with van der Waals surface area (Å²) >= 11 is 9.70. The lowest BCUT2D eigenvalue weighted by atomic mass is 10.00. The van der Waals surface area contributed by atoms with Gasteiger partial charge in [-0.1, -0.05) is 39.7 Å². The lowest BCUT2D eigenvalue weighted by molar-refractivity contribution is 0.572. The van der Waals surface area contributed by atoms with Gasteiger partial charge in [-0.25, -0.2) is 0 Å². The molecule has 1 N–H and O–H groups in total. The van der Waals surface area contributed by atoms with Gasteiger partial charge in [0.2, 0.25) is 0 Å². The quantitative estimate of drug-likeness (QED) is 0.898. The summed E-state index contributed by atoms with van der Waals surface area (Å²) in [4.78, 5) is 4.48. The van der Waals surface area contributed by atoms with Crippen LogP contribution in [0.15, 0.2) is 41.0 Å². The predicted octanol–water partition coefficient (Wildman–Crippen LogP) is 4.31. The van der Waals surface area contributed by atoms with Gasteiger partial charge < -0.3 is 5.32 Å². The van der Waals surface area contributed by atoms with Crippen LogP contribution in [0, 0.1) is 6.92 Å². The summed E-state index contributed by atoms with van der Waals surface area (Å²) in [6, 6.07) is 10.2. The fourth-order valence-corrected chi connectivity index (χ4v) is 2.86. The Balaban J connectivity index is 2.27. The lowest BCUT2D eigenvalue weighted by Crippen LogP contribution is -2.21. The minimum Gasteiger partial charge on any atom is -0.311 e. The fourth-order valence-electron chi connectivity index (χ4n) is 2.11. The van der Waals surface area contributed by atoms with Crippen molar-refractivity contribution in [3.63, 3.8) is 0 Å². The maximum absolute atomic E-state index is 6.28. The predicted molar refractivity (Wildman–Crippen MR) is 83.6 cm³/mol. The van der Waals surface area contributed by atoms with Crippen LogP contribution in [0.1, 0.15) is 22.9 Å². The molecule has 1 aromatic heterocycles. The molecular weight excluding hydrogens is 324 g/mol. The van der Waals surface area contributed by atoms with Crippen LogP contribution in [-0.4, -0.2) is 12.0 Å². The molecule has 0 spiro atoms. The standard InChI is InChI=1S/C15H16BrClN2/c1-10-4-3-7-19-15(10)14(18-2)8-11-5-6-12(16)9-13(11)17/h3-7,9,14,18H,8H2,1-2H3. The Bertz CT molecular complexity index is 572. The average molecular weight is 340 g/mol. The van der Waals surface area contributed by atoms with Crippen LogP contribution in [-0.2, 0) is 6.42 Å². The number of nitrogens with zero attached hydrogens (tertiary/aromatic N) is 1. The van der Waals surface area contributed by atoms with E-state index in [9.17, 15) is 0 Å². The molecule has 2 aromatic rings. The molecule has 2 nitrogen and oxygen atoms in total. The number of hydrogen-bond donors (Lipinski definition) is 1. The first-order valence-electron chi connectivity index (χ1n) is 6.14. The van der Waals surface area contributed by atoms with Crippen LogP contribution in [0.3, 0.4) is 0 Å². The van der Waals surface area contributed by atoms with E-state index in [4.69, 9.17) is 11.6 Å². The summed E-state index contributed by atoms with van der Waals surface area (Å²) in [5.41, 5.74) is 3.38. The van der Waals surface area contributed by atoms with Gasteiger partial charge in [0.1, 0.15) is 0 Å². The second-order valence-electron chi connectivity index (χ2n) is 4.49. The summed E-state index contributed by atoms with van der Waals surface area (Å²) < 4.78 is 0.997. The third kappa shape index (κ3) is 3.56. The average Bonchev–Trinajstić information content (AvgIpc) is 2.39. The summed E-state index contributed by atoms with van der Waals surface area (Å²) in [7, 11) is 1.95. The van der Waals surface area contributed by atoms with E-state index in [1.807, 2.05) is 31.4 Å². The first-order chi connectivity index (χ1) is 9.11. The Hall–Kier alpha value is -0.900. The number of rotatable bonds is 4. The van der Waals surface area contributed by atoms with Crippen molar-refractivity contribution in [2.75, 3.05) is 7.05 Å². The highest BCUT2D eigenvalue weighted by Crippen LogP contribution is 2.26. The van der Waals surface area contributed by atoms with Crippen molar-refractivity contribution in [1.29, 1.82) is 0 Å². The Morgan fingerprint density at radius 1 is 1.37 bits per heavy atom. The number of aryl methyl sites for hydroxylation is 1. The summed E-state index contributed by atoms with van der Waals surface area (Å²) in [5.74, 6) is 0. The zero-order chi connectivity index (χ0) is 13.8. The molecule has 2 rings (SSSR count). The third-order valence-electron chi connectivity index (χ3n) is 3.17. The number of benzene rings is 1. The summed E-state index contributed by atoms with van der Waals surface area (Å²) in [6.07, 6.45) is 2.65. The zero-order valence-corrected chi connectivity index (χ0v) is 13.3.